The molecule has 0 saturated carbocycles. The average Bonchev–Trinajstić information content (AvgIpc) is 2.48. The van der Waals surface area contributed by atoms with Crippen LogP contribution in [0.1, 0.15) is 40.5 Å². The van der Waals surface area contributed by atoms with Crippen LogP contribution < -0.4 is 0 Å². The fraction of sp³-hybridized carbons (Fsp3) is 0.364. The van der Waals surface area contributed by atoms with Gasteiger partial charge in [0, 0.05) is 0 Å². The van der Waals surface area contributed by atoms with Crippen LogP contribution in [-0.2, 0) is 0 Å². The summed E-state index contributed by atoms with van der Waals surface area (Å²) in [6.07, 6.45) is 10.3. The van der Waals surface area contributed by atoms with Gasteiger partial charge in [0.25, 0.3) is 0 Å². The molecule has 0 aliphatic heterocycles. The van der Waals surface area contributed by atoms with Gasteiger partial charge in [-0.15, -0.1) is 6.58 Å². The van der Waals surface area contributed by atoms with E-state index in [1.54, 1.807) is 0 Å². The second-order valence-corrected chi connectivity index (χ2v) is 6.28. The third kappa shape index (κ3) is 7.83. The Balaban J connectivity index is 4.72. The molecule has 0 aliphatic carbocycles. The Morgan fingerprint density at radius 3 is 2.05 bits per heavy atom. The molecular formula is C22H32. The highest BCUT2D eigenvalue weighted by Gasteiger charge is 2.08. The van der Waals surface area contributed by atoms with E-state index in [0.717, 1.165) is 40.7 Å². The van der Waals surface area contributed by atoms with Crippen molar-refractivity contribution in [2.75, 3.05) is 0 Å². The zero-order valence-electron chi connectivity index (χ0n) is 14.9. The molecule has 0 fully saturated rings. The Morgan fingerprint density at radius 1 is 0.955 bits per heavy atom. The summed E-state index contributed by atoms with van der Waals surface area (Å²) in [5.74, 6) is 1.02. The molecule has 0 aromatic heterocycles. The summed E-state index contributed by atoms with van der Waals surface area (Å²) in [5.41, 5.74) is 5.13. The summed E-state index contributed by atoms with van der Waals surface area (Å²) in [6, 6.07) is 0. The third-order valence-corrected chi connectivity index (χ3v) is 3.92. The van der Waals surface area contributed by atoms with Crippen molar-refractivity contribution in [3.05, 3.63) is 85.1 Å². The molecule has 0 nitrogen and oxygen atoms in total. The third-order valence-electron chi connectivity index (χ3n) is 3.92. The summed E-state index contributed by atoms with van der Waals surface area (Å²) in [4.78, 5) is 0. The summed E-state index contributed by atoms with van der Waals surface area (Å²) in [6.45, 7) is 28.5. The first kappa shape index (κ1) is 20.2. The number of hydrogen-bond donors (Lipinski definition) is 0. The first-order valence-electron chi connectivity index (χ1n) is 7.90. The van der Waals surface area contributed by atoms with Crippen LogP contribution in [0.2, 0.25) is 0 Å². The van der Waals surface area contributed by atoms with Gasteiger partial charge >= 0.3 is 0 Å². The quantitative estimate of drug-likeness (QED) is 0.301. The largest absolute Gasteiger partial charge is 0.103 e. The van der Waals surface area contributed by atoms with Crippen molar-refractivity contribution in [2.45, 2.75) is 40.5 Å². The van der Waals surface area contributed by atoms with Gasteiger partial charge in [-0.2, -0.15) is 0 Å². The van der Waals surface area contributed by atoms with Gasteiger partial charge in [0.05, 0.1) is 0 Å². The van der Waals surface area contributed by atoms with Gasteiger partial charge in [0.1, 0.15) is 0 Å². The highest BCUT2D eigenvalue weighted by Crippen LogP contribution is 2.24. The summed E-state index contributed by atoms with van der Waals surface area (Å²) in [5, 5.41) is 0. The fourth-order valence-electron chi connectivity index (χ4n) is 1.92. The maximum Gasteiger partial charge on any atom is -0.0196 e. The minimum absolute atomic E-state index is 0.462. The van der Waals surface area contributed by atoms with E-state index in [-0.39, 0.29) is 0 Å². The van der Waals surface area contributed by atoms with Crippen molar-refractivity contribution >= 4 is 0 Å². The molecule has 2 atom stereocenters. The smallest absolute Gasteiger partial charge is 0.0196 e. The number of hydrogen-bond acceptors (Lipinski definition) is 0. The highest BCUT2D eigenvalue weighted by atomic mass is 14.1. The Bertz CT molecular complexity index is 508. The lowest BCUT2D eigenvalue weighted by molar-refractivity contribution is 0.525. The lowest BCUT2D eigenvalue weighted by atomic mass is 9.90. The van der Waals surface area contributed by atoms with E-state index in [4.69, 9.17) is 0 Å². The van der Waals surface area contributed by atoms with Gasteiger partial charge in [0.2, 0.25) is 0 Å². The molecule has 0 rings (SSSR count). The van der Waals surface area contributed by atoms with Gasteiger partial charge in [-0.1, -0.05) is 75.6 Å². The van der Waals surface area contributed by atoms with Crippen LogP contribution in [0.15, 0.2) is 85.1 Å². The predicted molar refractivity (Wildman–Crippen MR) is 103 cm³/mol. The molecule has 0 aromatic carbocycles. The molecule has 0 N–H and O–H groups in total. The van der Waals surface area contributed by atoms with Crippen LogP contribution in [0.5, 0.6) is 0 Å². The second-order valence-electron chi connectivity index (χ2n) is 6.28. The lowest BCUT2D eigenvalue weighted by Crippen LogP contribution is -2.00. The molecule has 0 aliphatic rings. The minimum atomic E-state index is 0.462. The van der Waals surface area contributed by atoms with Gasteiger partial charge < -0.3 is 0 Å². The highest BCUT2D eigenvalue weighted by molar-refractivity contribution is 5.50. The first-order valence-corrected chi connectivity index (χ1v) is 7.90. The molecule has 22 heavy (non-hydrogen) atoms. The molecule has 120 valence electrons. The van der Waals surface area contributed by atoms with Crippen molar-refractivity contribution in [1.29, 1.82) is 0 Å². The van der Waals surface area contributed by atoms with E-state index in [0.29, 0.717) is 11.8 Å². The minimum Gasteiger partial charge on any atom is -0.103 e. The van der Waals surface area contributed by atoms with Crippen LogP contribution in [0.4, 0.5) is 0 Å². The fourth-order valence-corrected chi connectivity index (χ4v) is 1.92. The van der Waals surface area contributed by atoms with Crippen molar-refractivity contribution in [3.63, 3.8) is 0 Å². The van der Waals surface area contributed by atoms with Gasteiger partial charge in [-0.3, -0.25) is 0 Å². The molecule has 0 amide bonds. The summed E-state index contributed by atoms with van der Waals surface area (Å²) >= 11 is 0. The maximum absolute atomic E-state index is 4.21. The van der Waals surface area contributed by atoms with E-state index >= 15 is 0 Å². The van der Waals surface area contributed by atoms with E-state index in [1.165, 1.54) is 0 Å². The Morgan fingerprint density at radius 2 is 1.55 bits per heavy atom. The van der Waals surface area contributed by atoms with Crippen molar-refractivity contribution in [1.82, 2.24) is 0 Å². The molecule has 0 bridgehead atoms. The average molecular weight is 296 g/mol. The number of allylic oxidation sites excluding steroid dienone is 9. The normalized spacial score (nSPS) is 14.5. The topological polar surface area (TPSA) is 0 Å². The van der Waals surface area contributed by atoms with Crippen molar-refractivity contribution < 1.29 is 0 Å². The van der Waals surface area contributed by atoms with E-state index < -0.39 is 0 Å². The van der Waals surface area contributed by atoms with Crippen LogP contribution >= 0.6 is 0 Å². The second kappa shape index (κ2) is 10.00. The molecule has 0 heterocycles. The zero-order chi connectivity index (χ0) is 17.3. The molecule has 0 saturated heterocycles. The molecular weight excluding hydrogens is 264 g/mol. The Kier molecular flexibility index (Phi) is 9.17. The van der Waals surface area contributed by atoms with Crippen molar-refractivity contribution in [3.8, 4) is 0 Å². The lowest BCUT2D eigenvalue weighted by Gasteiger charge is -2.15. The molecule has 0 aromatic rings. The SMILES string of the molecule is C=CC(C)CCC(C)C(=C)/C=C(/C)C(=C)C(=C)/C=C\C(=C)C. The van der Waals surface area contributed by atoms with Crippen LogP contribution in [-0.4, -0.2) is 0 Å². The van der Waals surface area contributed by atoms with Gasteiger partial charge in [0.15, 0.2) is 0 Å². The predicted octanol–water partition coefficient (Wildman–Crippen LogP) is 6.97. The van der Waals surface area contributed by atoms with Crippen LogP contribution in [0, 0.1) is 11.8 Å². The maximum atomic E-state index is 4.21. The van der Waals surface area contributed by atoms with Gasteiger partial charge in [-0.05, 0) is 55.2 Å². The summed E-state index contributed by atoms with van der Waals surface area (Å²) in [7, 11) is 0. The zero-order valence-corrected chi connectivity index (χ0v) is 14.9. The van der Waals surface area contributed by atoms with E-state index in [9.17, 15) is 0 Å². The summed E-state index contributed by atoms with van der Waals surface area (Å²) < 4.78 is 0. The Labute approximate surface area is 138 Å². The molecule has 2 unspecified atom stereocenters. The first-order chi connectivity index (χ1) is 10.2. The van der Waals surface area contributed by atoms with Crippen LogP contribution in [0.25, 0.3) is 0 Å². The standard InChI is InChI=1S/C22H32/c1-10-17(4)12-14-18(5)20(7)15-21(8)22(9)19(6)13-11-16(2)3/h10-11,13,15,17-18H,1-2,6-7,9,12,14H2,3-5,8H3/b13-11-,21-15-. The van der Waals surface area contributed by atoms with E-state index in [2.05, 4.69) is 59.7 Å². The van der Waals surface area contributed by atoms with Crippen LogP contribution in [0.3, 0.4) is 0 Å². The Hall–Kier alpha value is -1.82. The molecule has 0 spiro atoms. The van der Waals surface area contributed by atoms with E-state index in [1.807, 2.05) is 25.2 Å². The molecule has 0 radical (unpaired) electrons. The number of rotatable bonds is 10. The monoisotopic (exact) mass is 296 g/mol. The van der Waals surface area contributed by atoms with Crippen molar-refractivity contribution in [2.24, 2.45) is 11.8 Å². The molecule has 0 heteroatoms. The van der Waals surface area contributed by atoms with Gasteiger partial charge in [-0.25, -0.2) is 0 Å².